The summed E-state index contributed by atoms with van der Waals surface area (Å²) in [6.45, 7) is 3.39. The van der Waals surface area contributed by atoms with Gasteiger partial charge < -0.3 is 4.57 Å². The third-order valence-electron chi connectivity index (χ3n) is 3.25. The molecular weight excluding hydrogens is 236 g/mol. The van der Waals surface area contributed by atoms with E-state index in [-0.39, 0.29) is 0 Å². The van der Waals surface area contributed by atoms with Gasteiger partial charge in [-0.1, -0.05) is 6.92 Å². The molecule has 1 atom stereocenters. The topological polar surface area (TPSA) is 102 Å². The summed E-state index contributed by atoms with van der Waals surface area (Å²) in [6, 6.07) is 0. The molecule has 0 fully saturated rings. The number of nitrogens with two attached hydrogens (primary N) is 1. The van der Waals surface area contributed by atoms with Crippen LogP contribution in [0.5, 0.6) is 0 Å². The molecule has 1 aliphatic rings. The van der Waals surface area contributed by atoms with Crippen molar-refractivity contribution in [3.05, 3.63) is 20.8 Å². The second-order valence-corrected chi connectivity index (χ2v) is 4.77. The molecule has 0 bridgehead atoms. The van der Waals surface area contributed by atoms with Gasteiger partial charge in [0.1, 0.15) is 0 Å². The predicted octanol–water partition coefficient (Wildman–Crippen LogP) is -1.25. The molecule has 0 radical (unpaired) electrons. The first-order chi connectivity index (χ1) is 8.49. The second-order valence-electron chi connectivity index (χ2n) is 4.77. The van der Waals surface area contributed by atoms with Crippen LogP contribution in [-0.2, 0) is 13.6 Å². The highest BCUT2D eigenvalue weighted by atomic mass is 16.2. The molecule has 2 aromatic rings. The Morgan fingerprint density at radius 2 is 2.11 bits per heavy atom. The first-order valence-electron chi connectivity index (χ1n) is 5.71. The highest BCUT2D eigenvalue weighted by Crippen LogP contribution is 2.23. The van der Waals surface area contributed by atoms with Crippen LogP contribution in [0.4, 0.5) is 5.95 Å². The van der Waals surface area contributed by atoms with Crippen molar-refractivity contribution in [1.82, 2.24) is 19.1 Å². The first kappa shape index (κ1) is 11.0. The van der Waals surface area contributed by atoms with E-state index in [1.165, 1.54) is 9.58 Å². The van der Waals surface area contributed by atoms with Crippen molar-refractivity contribution >= 4 is 17.1 Å². The lowest BCUT2D eigenvalue weighted by Gasteiger charge is -2.28. The monoisotopic (exact) mass is 250 g/mol. The number of hydrogen-bond acceptors (Lipinski definition) is 5. The van der Waals surface area contributed by atoms with Crippen molar-refractivity contribution in [3.8, 4) is 0 Å². The van der Waals surface area contributed by atoms with Crippen LogP contribution >= 0.6 is 0 Å². The summed E-state index contributed by atoms with van der Waals surface area (Å²) in [5, 5.41) is 1.51. The summed E-state index contributed by atoms with van der Waals surface area (Å²) in [5.74, 6) is 6.73. The largest absolute Gasteiger partial charge is 0.329 e. The van der Waals surface area contributed by atoms with Crippen LogP contribution in [0.1, 0.15) is 6.92 Å². The van der Waals surface area contributed by atoms with Crippen molar-refractivity contribution in [2.75, 3.05) is 11.6 Å². The number of aromatic amines is 1. The number of aryl methyl sites for hydroxylation is 1. The quantitative estimate of drug-likeness (QED) is 0.569. The van der Waals surface area contributed by atoms with Gasteiger partial charge in [-0.25, -0.2) is 10.6 Å². The number of nitrogens with zero attached hydrogens (tertiary/aromatic N) is 4. The maximum absolute atomic E-state index is 11.9. The Hall–Kier alpha value is -2.09. The van der Waals surface area contributed by atoms with E-state index < -0.39 is 11.2 Å². The number of imidazole rings is 1. The summed E-state index contributed by atoms with van der Waals surface area (Å²) >= 11 is 0. The van der Waals surface area contributed by atoms with E-state index in [4.69, 9.17) is 5.84 Å². The minimum Gasteiger partial charge on any atom is -0.303 e. The summed E-state index contributed by atoms with van der Waals surface area (Å²) in [5.41, 5.74) is -0.133. The van der Waals surface area contributed by atoms with Gasteiger partial charge in [0.25, 0.3) is 5.56 Å². The van der Waals surface area contributed by atoms with E-state index in [0.29, 0.717) is 36.1 Å². The van der Waals surface area contributed by atoms with E-state index in [1.54, 1.807) is 11.6 Å². The van der Waals surface area contributed by atoms with Crippen LogP contribution < -0.4 is 22.1 Å². The van der Waals surface area contributed by atoms with Crippen LogP contribution in [0.25, 0.3) is 11.2 Å². The fraction of sp³-hybridized carbons (Fsp3) is 0.500. The van der Waals surface area contributed by atoms with E-state index >= 15 is 0 Å². The van der Waals surface area contributed by atoms with E-state index in [9.17, 15) is 9.59 Å². The molecule has 96 valence electrons. The van der Waals surface area contributed by atoms with E-state index in [0.717, 1.165) is 0 Å². The third kappa shape index (κ3) is 1.32. The molecule has 3 N–H and O–H groups in total. The van der Waals surface area contributed by atoms with Crippen molar-refractivity contribution in [2.45, 2.75) is 13.5 Å². The summed E-state index contributed by atoms with van der Waals surface area (Å²) in [7, 11) is 1.57. The standard InChI is InChI=1S/C10H14N6O2/c1-5-3-15-6-7(12-9(15)16(11)4-5)14(2)10(18)13-8(6)17/h5H,3-4,11H2,1-2H3,(H,13,17,18)/t5-/m0/s1. The molecular formula is C10H14N6O2. The predicted molar refractivity (Wildman–Crippen MR) is 66.3 cm³/mol. The third-order valence-corrected chi connectivity index (χ3v) is 3.25. The van der Waals surface area contributed by atoms with Crippen LogP contribution in [0.15, 0.2) is 9.59 Å². The van der Waals surface area contributed by atoms with Gasteiger partial charge in [0.2, 0.25) is 5.95 Å². The number of hydrazine groups is 1. The highest BCUT2D eigenvalue weighted by molar-refractivity contribution is 5.74. The van der Waals surface area contributed by atoms with Crippen LogP contribution in [0.2, 0.25) is 0 Å². The fourth-order valence-electron chi connectivity index (χ4n) is 2.40. The molecule has 0 aliphatic carbocycles. The number of H-pyrrole nitrogens is 1. The summed E-state index contributed by atoms with van der Waals surface area (Å²) in [4.78, 5) is 30.0. The molecule has 0 saturated carbocycles. The number of aromatic nitrogens is 4. The second kappa shape index (κ2) is 3.45. The number of hydrogen-bond donors (Lipinski definition) is 2. The van der Waals surface area contributed by atoms with E-state index in [1.807, 2.05) is 6.92 Å². The lowest BCUT2D eigenvalue weighted by molar-refractivity contribution is 0.440. The SMILES string of the molecule is C[C@@H]1CN(N)c2nc3c(c(=O)[nH]c(=O)n3C)n2C1. The zero-order valence-electron chi connectivity index (χ0n) is 10.2. The molecule has 0 aromatic carbocycles. The summed E-state index contributed by atoms with van der Waals surface area (Å²) < 4.78 is 3.09. The molecule has 18 heavy (non-hydrogen) atoms. The average molecular weight is 250 g/mol. The Morgan fingerprint density at radius 1 is 1.39 bits per heavy atom. The lowest BCUT2D eigenvalue weighted by Crippen LogP contribution is -2.42. The number of rotatable bonds is 0. The van der Waals surface area contributed by atoms with Gasteiger partial charge in [-0.2, -0.15) is 4.98 Å². The van der Waals surface area contributed by atoms with Crippen LogP contribution in [0, 0.1) is 5.92 Å². The Labute approximate surface area is 102 Å². The van der Waals surface area contributed by atoms with E-state index in [2.05, 4.69) is 9.97 Å². The molecule has 1 aliphatic heterocycles. The van der Waals surface area contributed by atoms with Crippen LogP contribution in [0.3, 0.4) is 0 Å². The molecule has 0 saturated heterocycles. The fourth-order valence-corrected chi connectivity index (χ4v) is 2.40. The van der Waals surface area contributed by atoms with Gasteiger partial charge in [0.05, 0.1) is 0 Å². The molecule has 3 rings (SSSR count). The molecule has 0 spiro atoms. The van der Waals surface area contributed by atoms with Gasteiger partial charge in [0.15, 0.2) is 11.2 Å². The molecule has 8 heteroatoms. The Morgan fingerprint density at radius 3 is 2.83 bits per heavy atom. The lowest BCUT2D eigenvalue weighted by atomic mass is 10.1. The number of fused-ring (bicyclic) bond motifs is 3. The van der Waals surface area contributed by atoms with Gasteiger partial charge in [-0.3, -0.25) is 19.4 Å². The van der Waals surface area contributed by atoms with Crippen molar-refractivity contribution in [1.29, 1.82) is 0 Å². The molecule has 0 amide bonds. The maximum atomic E-state index is 11.9. The number of anilines is 1. The molecule has 8 nitrogen and oxygen atoms in total. The maximum Gasteiger partial charge on any atom is 0.329 e. The van der Waals surface area contributed by atoms with Gasteiger partial charge >= 0.3 is 5.69 Å². The highest BCUT2D eigenvalue weighted by Gasteiger charge is 2.26. The van der Waals surface area contributed by atoms with Crippen molar-refractivity contribution in [2.24, 2.45) is 18.8 Å². The Kier molecular flexibility index (Phi) is 2.11. The van der Waals surface area contributed by atoms with Gasteiger partial charge in [-0.15, -0.1) is 0 Å². The minimum atomic E-state index is -0.473. The van der Waals surface area contributed by atoms with Crippen LogP contribution in [-0.4, -0.2) is 25.6 Å². The minimum absolute atomic E-state index is 0.316. The Balaban J connectivity index is 2.45. The van der Waals surface area contributed by atoms with Crippen molar-refractivity contribution in [3.63, 3.8) is 0 Å². The zero-order chi connectivity index (χ0) is 13.0. The smallest absolute Gasteiger partial charge is 0.303 e. The Bertz CT molecular complexity index is 739. The molecule has 2 aromatic heterocycles. The first-order valence-corrected chi connectivity index (χ1v) is 5.71. The summed E-state index contributed by atoms with van der Waals surface area (Å²) in [6.07, 6.45) is 0. The number of nitrogens with one attached hydrogen (secondary N) is 1. The van der Waals surface area contributed by atoms with Gasteiger partial charge in [-0.05, 0) is 5.92 Å². The zero-order valence-corrected chi connectivity index (χ0v) is 10.2. The van der Waals surface area contributed by atoms with Crippen molar-refractivity contribution < 1.29 is 0 Å². The van der Waals surface area contributed by atoms with Gasteiger partial charge in [0, 0.05) is 20.1 Å². The molecule has 3 heterocycles. The average Bonchev–Trinajstić information content (AvgIpc) is 2.66. The normalized spacial score (nSPS) is 19.3. The molecule has 0 unspecified atom stereocenters.